The zero-order valence-electron chi connectivity index (χ0n) is 12.9. The van der Waals surface area contributed by atoms with E-state index in [4.69, 9.17) is 18.9 Å². The lowest BCUT2D eigenvalue weighted by molar-refractivity contribution is -0.181. The summed E-state index contributed by atoms with van der Waals surface area (Å²) in [4.78, 5) is 33.9. The van der Waals surface area contributed by atoms with Crippen LogP contribution in [-0.4, -0.2) is 30.7 Å². The average molecular weight is 314 g/mol. The average Bonchev–Trinajstić information content (AvgIpc) is 2.47. The number of rotatable bonds is 10. The molecule has 7 nitrogen and oxygen atoms in total. The number of carbonyl (C=O) groups excluding carboxylic acids is 3. The van der Waals surface area contributed by atoms with Gasteiger partial charge in [-0.15, -0.1) is 0 Å². The molecule has 22 heavy (non-hydrogen) atoms. The summed E-state index contributed by atoms with van der Waals surface area (Å²) in [6, 6.07) is 0. The van der Waals surface area contributed by atoms with Crippen LogP contribution in [0.2, 0.25) is 0 Å². The summed E-state index contributed by atoms with van der Waals surface area (Å²) >= 11 is 0. The Bertz CT molecular complexity index is 367. The standard InChI is InChI=1S/C15H22O7/c1-5-9-13(19-11(16)7-3)21-15(18)22-14(10-6-2)20-12(17)8-4/h7-8,13-14H,3-6,9-10H2,1-2H3. The van der Waals surface area contributed by atoms with Crippen LogP contribution in [0, 0.1) is 0 Å². The summed E-state index contributed by atoms with van der Waals surface area (Å²) in [7, 11) is 0. The molecule has 0 heterocycles. The molecule has 0 aliphatic rings. The molecule has 0 aromatic carbocycles. The monoisotopic (exact) mass is 314 g/mol. The molecule has 0 aromatic heterocycles. The van der Waals surface area contributed by atoms with Gasteiger partial charge >= 0.3 is 18.1 Å². The van der Waals surface area contributed by atoms with Crippen LogP contribution < -0.4 is 0 Å². The van der Waals surface area contributed by atoms with Crippen LogP contribution in [0.25, 0.3) is 0 Å². The van der Waals surface area contributed by atoms with Crippen molar-refractivity contribution in [2.75, 3.05) is 0 Å². The molecule has 7 heteroatoms. The van der Waals surface area contributed by atoms with Crippen LogP contribution >= 0.6 is 0 Å². The number of esters is 2. The summed E-state index contributed by atoms with van der Waals surface area (Å²) in [5.41, 5.74) is 0. The third-order valence-electron chi connectivity index (χ3n) is 2.33. The maximum atomic E-state index is 11.7. The van der Waals surface area contributed by atoms with Crippen LogP contribution in [0.5, 0.6) is 0 Å². The fourth-order valence-electron chi connectivity index (χ4n) is 1.35. The van der Waals surface area contributed by atoms with Gasteiger partial charge in [-0.25, -0.2) is 14.4 Å². The normalized spacial score (nSPS) is 12.5. The van der Waals surface area contributed by atoms with Gasteiger partial charge in [0.25, 0.3) is 12.6 Å². The smallest absolute Gasteiger partial charge is 0.422 e. The van der Waals surface area contributed by atoms with E-state index in [-0.39, 0.29) is 0 Å². The van der Waals surface area contributed by atoms with Crippen LogP contribution in [0.1, 0.15) is 39.5 Å². The van der Waals surface area contributed by atoms with Gasteiger partial charge in [0.05, 0.1) is 0 Å². The van der Waals surface area contributed by atoms with E-state index < -0.39 is 30.7 Å². The molecule has 0 aliphatic heterocycles. The molecule has 0 saturated carbocycles. The SMILES string of the molecule is C=CC(=O)OC(CCC)OC(=O)OC(CCC)OC(=O)C=C. The first kappa shape index (κ1) is 19.7. The van der Waals surface area contributed by atoms with E-state index in [1.165, 1.54) is 0 Å². The van der Waals surface area contributed by atoms with Crippen LogP contribution in [0.4, 0.5) is 4.79 Å². The van der Waals surface area contributed by atoms with E-state index in [1.807, 2.05) is 13.8 Å². The van der Waals surface area contributed by atoms with Gasteiger partial charge in [-0.2, -0.15) is 0 Å². The lowest BCUT2D eigenvalue weighted by Crippen LogP contribution is -2.29. The van der Waals surface area contributed by atoms with Crippen molar-refractivity contribution >= 4 is 18.1 Å². The predicted molar refractivity (Wildman–Crippen MR) is 77.5 cm³/mol. The van der Waals surface area contributed by atoms with E-state index in [9.17, 15) is 14.4 Å². The maximum Gasteiger partial charge on any atom is 0.514 e. The molecule has 2 unspecified atom stereocenters. The highest BCUT2D eigenvalue weighted by Crippen LogP contribution is 2.11. The second-order valence-corrected chi connectivity index (χ2v) is 4.20. The van der Waals surface area contributed by atoms with Crippen molar-refractivity contribution in [3.05, 3.63) is 25.3 Å². The molecule has 0 radical (unpaired) electrons. The van der Waals surface area contributed by atoms with Crippen molar-refractivity contribution in [2.24, 2.45) is 0 Å². The molecule has 0 N–H and O–H groups in total. The first-order valence-electron chi connectivity index (χ1n) is 7.00. The first-order valence-corrected chi connectivity index (χ1v) is 7.00. The predicted octanol–water partition coefficient (Wildman–Crippen LogP) is 2.85. The Morgan fingerprint density at radius 1 is 0.818 bits per heavy atom. The van der Waals surface area contributed by atoms with Crippen molar-refractivity contribution in [1.29, 1.82) is 0 Å². The highest BCUT2D eigenvalue weighted by atomic mass is 16.8. The van der Waals surface area contributed by atoms with Gasteiger partial charge in [-0.3, -0.25) is 0 Å². The van der Waals surface area contributed by atoms with Crippen molar-refractivity contribution in [3.63, 3.8) is 0 Å². The molecule has 0 saturated heterocycles. The zero-order valence-corrected chi connectivity index (χ0v) is 12.9. The van der Waals surface area contributed by atoms with E-state index in [0.29, 0.717) is 25.7 Å². The van der Waals surface area contributed by atoms with Crippen LogP contribution in [0.3, 0.4) is 0 Å². The van der Waals surface area contributed by atoms with E-state index >= 15 is 0 Å². The van der Waals surface area contributed by atoms with Gasteiger partial charge < -0.3 is 18.9 Å². The Hall–Kier alpha value is -2.31. The highest BCUT2D eigenvalue weighted by molar-refractivity contribution is 5.81. The number of carbonyl (C=O) groups is 3. The summed E-state index contributed by atoms with van der Waals surface area (Å²) < 4.78 is 19.5. The minimum Gasteiger partial charge on any atom is -0.422 e. The molecule has 0 spiro atoms. The third kappa shape index (κ3) is 8.78. The summed E-state index contributed by atoms with van der Waals surface area (Å²) in [6.07, 6.45) is 0.510. The second-order valence-electron chi connectivity index (χ2n) is 4.20. The topological polar surface area (TPSA) is 88.1 Å². The van der Waals surface area contributed by atoms with E-state index in [0.717, 1.165) is 12.2 Å². The molecule has 0 amide bonds. The van der Waals surface area contributed by atoms with E-state index in [2.05, 4.69) is 13.2 Å². The molecule has 0 fully saturated rings. The zero-order chi connectivity index (χ0) is 17.0. The van der Waals surface area contributed by atoms with Crippen molar-refractivity contribution < 1.29 is 33.3 Å². The Kier molecular flexibility index (Phi) is 10.2. The van der Waals surface area contributed by atoms with Gasteiger partial charge in [-0.1, -0.05) is 27.0 Å². The number of hydrogen-bond acceptors (Lipinski definition) is 7. The van der Waals surface area contributed by atoms with Gasteiger partial charge in [0.15, 0.2) is 0 Å². The summed E-state index contributed by atoms with van der Waals surface area (Å²) in [5.74, 6) is -1.43. The van der Waals surface area contributed by atoms with Crippen LogP contribution in [-0.2, 0) is 28.5 Å². The van der Waals surface area contributed by atoms with Gasteiger partial charge in [0.1, 0.15) is 0 Å². The summed E-state index contributed by atoms with van der Waals surface area (Å²) in [5, 5.41) is 0. The number of hydrogen-bond donors (Lipinski definition) is 0. The van der Waals surface area contributed by atoms with Crippen molar-refractivity contribution in [1.82, 2.24) is 0 Å². The Morgan fingerprint density at radius 3 is 1.45 bits per heavy atom. The Morgan fingerprint density at radius 2 is 1.18 bits per heavy atom. The third-order valence-corrected chi connectivity index (χ3v) is 2.33. The quantitative estimate of drug-likeness (QED) is 0.348. The lowest BCUT2D eigenvalue weighted by atomic mass is 10.3. The largest absolute Gasteiger partial charge is 0.514 e. The van der Waals surface area contributed by atoms with Gasteiger partial charge in [-0.05, 0) is 12.8 Å². The van der Waals surface area contributed by atoms with Crippen LogP contribution in [0.15, 0.2) is 25.3 Å². The number of ether oxygens (including phenoxy) is 4. The minimum absolute atomic E-state index is 0.305. The molecule has 0 aliphatic carbocycles. The molecule has 124 valence electrons. The lowest BCUT2D eigenvalue weighted by Gasteiger charge is -2.20. The summed E-state index contributed by atoms with van der Waals surface area (Å²) in [6.45, 7) is 10.2. The molecule has 0 bridgehead atoms. The molecule has 2 atom stereocenters. The molecular formula is C15H22O7. The molecular weight excluding hydrogens is 292 g/mol. The Balaban J connectivity index is 4.55. The van der Waals surface area contributed by atoms with Crippen molar-refractivity contribution in [3.8, 4) is 0 Å². The fraction of sp³-hybridized carbons (Fsp3) is 0.533. The first-order chi connectivity index (χ1) is 10.5. The van der Waals surface area contributed by atoms with E-state index in [1.54, 1.807) is 0 Å². The molecule has 0 rings (SSSR count). The van der Waals surface area contributed by atoms with Crippen molar-refractivity contribution in [2.45, 2.75) is 52.1 Å². The Labute approximate surface area is 129 Å². The van der Waals surface area contributed by atoms with Gasteiger partial charge in [0.2, 0.25) is 0 Å². The van der Waals surface area contributed by atoms with Gasteiger partial charge in [0, 0.05) is 25.0 Å². The molecule has 0 aromatic rings. The highest BCUT2D eigenvalue weighted by Gasteiger charge is 2.22. The fourth-order valence-corrected chi connectivity index (χ4v) is 1.35. The minimum atomic E-state index is -1.09. The second kappa shape index (κ2) is 11.4. The maximum absolute atomic E-state index is 11.7.